The molecule has 1 heterocycles. The van der Waals surface area contributed by atoms with Gasteiger partial charge in [0.05, 0.1) is 12.1 Å². The Hall–Kier alpha value is -1.61. The molecule has 0 unspecified atom stereocenters. The van der Waals surface area contributed by atoms with Crippen LogP contribution in [0.2, 0.25) is 0 Å². The second kappa shape index (κ2) is 5.47. The number of ether oxygens (including phenoxy) is 1. The smallest absolute Gasteiger partial charge is 0.126 e. The van der Waals surface area contributed by atoms with Crippen molar-refractivity contribution >= 4 is 16.7 Å². The predicted octanol–water partition coefficient (Wildman–Crippen LogP) is 2.68. The van der Waals surface area contributed by atoms with Crippen molar-refractivity contribution in [2.45, 2.75) is 6.92 Å². The van der Waals surface area contributed by atoms with Crippen molar-refractivity contribution in [3.8, 4) is 0 Å². The Balaban J connectivity index is 2.02. The molecule has 0 radical (unpaired) electrons. The number of fused-ring (bicyclic) bond motifs is 1. The molecule has 0 spiro atoms. The lowest BCUT2D eigenvalue weighted by Gasteiger charge is -2.06. The summed E-state index contributed by atoms with van der Waals surface area (Å²) in [6.07, 6.45) is 0. The van der Waals surface area contributed by atoms with Gasteiger partial charge < -0.3 is 10.1 Å². The molecule has 0 saturated heterocycles. The molecule has 2 rings (SSSR count). The van der Waals surface area contributed by atoms with E-state index in [-0.39, 0.29) is 0 Å². The minimum absolute atomic E-state index is 0.713. The standard InChI is InChI=1S/C13H16N2O/c1-2-16-10-9-14-13-8-7-11-5-3-4-6-12(11)15-13/h3-8H,2,9-10H2,1H3,(H,14,15). The number of pyridine rings is 1. The first-order valence-corrected chi connectivity index (χ1v) is 5.57. The van der Waals surface area contributed by atoms with Crippen molar-refractivity contribution < 1.29 is 4.74 Å². The molecule has 3 heteroatoms. The van der Waals surface area contributed by atoms with Gasteiger partial charge in [0.1, 0.15) is 5.82 Å². The molecule has 0 bridgehead atoms. The lowest BCUT2D eigenvalue weighted by atomic mass is 10.2. The molecule has 0 saturated carbocycles. The molecule has 1 N–H and O–H groups in total. The summed E-state index contributed by atoms with van der Waals surface area (Å²) in [5.74, 6) is 0.901. The largest absolute Gasteiger partial charge is 0.380 e. The third-order valence-electron chi connectivity index (χ3n) is 2.36. The maximum atomic E-state index is 5.25. The van der Waals surface area contributed by atoms with Crippen molar-refractivity contribution in [1.29, 1.82) is 0 Å². The number of hydrogen-bond acceptors (Lipinski definition) is 3. The average Bonchev–Trinajstić information content (AvgIpc) is 2.34. The van der Waals surface area contributed by atoms with Crippen LogP contribution in [-0.2, 0) is 4.74 Å². The minimum atomic E-state index is 0.713. The lowest BCUT2D eigenvalue weighted by molar-refractivity contribution is 0.158. The highest BCUT2D eigenvalue weighted by atomic mass is 16.5. The Morgan fingerprint density at radius 3 is 2.94 bits per heavy atom. The summed E-state index contributed by atoms with van der Waals surface area (Å²) in [6.45, 7) is 4.26. The van der Waals surface area contributed by atoms with Crippen LogP contribution in [0.15, 0.2) is 36.4 Å². The van der Waals surface area contributed by atoms with E-state index in [1.54, 1.807) is 0 Å². The third-order valence-corrected chi connectivity index (χ3v) is 2.36. The molecule has 0 aliphatic carbocycles. The number of nitrogens with one attached hydrogen (secondary N) is 1. The summed E-state index contributed by atoms with van der Waals surface area (Å²) in [5.41, 5.74) is 1.02. The number of anilines is 1. The van der Waals surface area contributed by atoms with E-state index < -0.39 is 0 Å². The number of rotatable bonds is 5. The van der Waals surface area contributed by atoms with E-state index in [1.807, 2.05) is 31.2 Å². The fraction of sp³-hybridized carbons (Fsp3) is 0.308. The Morgan fingerprint density at radius 2 is 2.06 bits per heavy atom. The summed E-state index contributed by atoms with van der Waals surface area (Å²) in [7, 11) is 0. The van der Waals surface area contributed by atoms with Gasteiger partial charge in [-0.05, 0) is 25.1 Å². The van der Waals surface area contributed by atoms with Crippen molar-refractivity contribution in [3.63, 3.8) is 0 Å². The minimum Gasteiger partial charge on any atom is -0.380 e. The number of para-hydroxylation sites is 1. The third kappa shape index (κ3) is 2.70. The van der Waals surface area contributed by atoms with Crippen LogP contribution in [-0.4, -0.2) is 24.7 Å². The van der Waals surface area contributed by atoms with E-state index in [0.29, 0.717) is 6.61 Å². The van der Waals surface area contributed by atoms with E-state index in [2.05, 4.69) is 22.4 Å². The van der Waals surface area contributed by atoms with Gasteiger partial charge in [0.25, 0.3) is 0 Å². The van der Waals surface area contributed by atoms with Crippen LogP contribution < -0.4 is 5.32 Å². The van der Waals surface area contributed by atoms with Crippen LogP contribution in [0.5, 0.6) is 0 Å². The quantitative estimate of drug-likeness (QED) is 0.780. The zero-order valence-corrected chi connectivity index (χ0v) is 9.44. The molecular formula is C13H16N2O. The SMILES string of the molecule is CCOCCNc1ccc2ccccc2n1. The van der Waals surface area contributed by atoms with E-state index in [4.69, 9.17) is 4.74 Å². The van der Waals surface area contributed by atoms with Crippen LogP contribution >= 0.6 is 0 Å². The van der Waals surface area contributed by atoms with Crippen molar-refractivity contribution in [1.82, 2.24) is 4.98 Å². The van der Waals surface area contributed by atoms with Gasteiger partial charge in [-0.15, -0.1) is 0 Å². The first-order chi connectivity index (χ1) is 7.90. The van der Waals surface area contributed by atoms with Crippen LogP contribution in [0.1, 0.15) is 6.92 Å². The van der Waals surface area contributed by atoms with Gasteiger partial charge in [-0.25, -0.2) is 4.98 Å². The normalized spacial score (nSPS) is 10.6. The van der Waals surface area contributed by atoms with Gasteiger partial charge in [-0.3, -0.25) is 0 Å². The molecule has 0 amide bonds. The van der Waals surface area contributed by atoms with Crippen LogP contribution in [0.4, 0.5) is 5.82 Å². The second-order valence-corrected chi connectivity index (χ2v) is 3.51. The van der Waals surface area contributed by atoms with Crippen molar-refractivity contribution in [3.05, 3.63) is 36.4 Å². The highest BCUT2D eigenvalue weighted by Crippen LogP contribution is 2.13. The molecule has 0 fully saturated rings. The summed E-state index contributed by atoms with van der Waals surface area (Å²) in [5, 5.41) is 4.40. The maximum absolute atomic E-state index is 5.25. The molecule has 0 aliphatic heterocycles. The van der Waals surface area contributed by atoms with Crippen molar-refractivity contribution in [2.24, 2.45) is 0 Å². The molecule has 84 valence electrons. The first kappa shape index (κ1) is 10.9. The van der Waals surface area contributed by atoms with E-state index in [0.717, 1.165) is 29.9 Å². The number of nitrogens with zero attached hydrogens (tertiary/aromatic N) is 1. The average molecular weight is 216 g/mol. The zero-order chi connectivity index (χ0) is 11.2. The van der Waals surface area contributed by atoms with Crippen molar-refractivity contribution in [2.75, 3.05) is 25.1 Å². The zero-order valence-electron chi connectivity index (χ0n) is 9.44. The molecule has 0 atom stereocenters. The fourth-order valence-electron chi connectivity index (χ4n) is 1.56. The predicted molar refractivity (Wildman–Crippen MR) is 66.7 cm³/mol. The summed E-state index contributed by atoms with van der Waals surface area (Å²) in [6, 6.07) is 12.2. The topological polar surface area (TPSA) is 34.1 Å². The molecule has 1 aromatic heterocycles. The number of benzene rings is 1. The second-order valence-electron chi connectivity index (χ2n) is 3.51. The van der Waals surface area contributed by atoms with E-state index in [1.165, 1.54) is 0 Å². The Morgan fingerprint density at radius 1 is 1.19 bits per heavy atom. The lowest BCUT2D eigenvalue weighted by Crippen LogP contribution is -2.10. The maximum Gasteiger partial charge on any atom is 0.126 e. The van der Waals surface area contributed by atoms with Gasteiger partial charge in [0.2, 0.25) is 0 Å². The number of hydrogen-bond donors (Lipinski definition) is 1. The Kier molecular flexibility index (Phi) is 3.72. The Bertz CT molecular complexity index is 456. The van der Waals surface area contributed by atoms with Crippen LogP contribution in [0.25, 0.3) is 10.9 Å². The summed E-state index contributed by atoms with van der Waals surface area (Å²) >= 11 is 0. The van der Waals surface area contributed by atoms with Gasteiger partial charge in [-0.2, -0.15) is 0 Å². The molecule has 3 nitrogen and oxygen atoms in total. The summed E-state index contributed by atoms with van der Waals surface area (Å²) < 4.78 is 5.25. The van der Waals surface area contributed by atoms with E-state index >= 15 is 0 Å². The molecule has 1 aromatic carbocycles. The van der Waals surface area contributed by atoms with Crippen LogP contribution in [0, 0.1) is 0 Å². The highest BCUT2D eigenvalue weighted by molar-refractivity contribution is 5.79. The van der Waals surface area contributed by atoms with Gasteiger partial charge >= 0.3 is 0 Å². The first-order valence-electron chi connectivity index (χ1n) is 5.57. The molecular weight excluding hydrogens is 200 g/mol. The Labute approximate surface area is 95.5 Å². The monoisotopic (exact) mass is 216 g/mol. The molecule has 16 heavy (non-hydrogen) atoms. The van der Waals surface area contributed by atoms with E-state index in [9.17, 15) is 0 Å². The fourth-order valence-corrected chi connectivity index (χ4v) is 1.56. The van der Waals surface area contributed by atoms with Gasteiger partial charge in [0.15, 0.2) is 0 Å². The molecule has 2 aromatic rings. The highest BCUT2D eigenvalue weighted by Gasteiger charge is 1.96. The number of aromatic nitrogens is 1. The van der Waals surface area contributed by atoms with Crippen LogP contribution in [0.3, 0.4) is 0 Å². The van der Waals surface area contributed by atoms with Gasteiger partial charge in [0, 0.05) is 18.5 Å². The molecule has 0 aliphatic rings. The van der Waals surface area contributed by atoms with Gasteiger partial charge in [-0.1, -0.05) is 18.2 Å². The summed E-state index contributed by atoms with van der Waals surface area (Å²) in [4.78, 5) is 4.51.